The highest BCUT2D eigenvalue weighted by Crippen LogP contribution is 2.19. The minimum absolute atomic E-state index is 0.0308. The molecule has 10 heteroatoms. The van der Waals surface area contributed by atoms with Crippen molar-refractivity contribution in [2.24, 2.45) is 0 Å². The van der Waals surface area contributed by atoms with Gasteiger partial charge in [0, 0.05) is 12.6 Å². The molecule has 0 aliphatic heterocycles. The van der Waals surface area contributed by atoms with E-state index < -0.39 is 12.5 Å². The number of aromatic nitrogens is 5. The molecule has 2 aromatic heterocycles. The number of anilines is 1. The minimum atomic E-state index is -2.90. The largest absolute Gasteiger partial charge is 0.435 e. The maximum absolute atomic E-state index is 12.8. The highest BCUT2D eigenvalue weighted by molar-refractivity contribution is 6.03. The van der Waals surface area contributed by atoms with E-state index in [0.29, 0.717) is 23.7 Å². The Labute approximate surface area is 182 Å². The van der Waals surface area contributed by atoms with E-state index in [-0.39, 0.29) is 11.4 Å². The number of benzene rings is 2. The lowest BCUT2D eigenvalue weighted by molar-refractivity contribution is -0.0498. The Hall–Kier alpha value is -4.08. The van der Waals surface area contributed by atoms with Crippen molar-refractivity contribution in [3.05, 3.63) is 83.8 Å². The molecule has 0 spiro atoms. The average Bonchev–Trinajstić information content (AvgIpc) is 3.39. The van der Waals surface area contributed by atoms with Gasteiger partial charge < -0.3 is 10.1 Å². The number of halogens is 2. The number of carbonyl (C=O) groups is 1. The number of ether oxygens (including phenoxy) is 1. The van der Waals surface area contributed by atoms with Crippen molar-refractivity contribution in [2.75, 3.05) is 5.32 Å². The standard InChI is InChI=1S/C22H20F2N6O2/c1-15-20(27-28-30(15)17-7-9-18(10-8-17)32-22(23)24)21(31)26-19-11-13-25-29(19)14-12-16-5-3-2-4-6-16/h2-11,13,22H,12,14H2,1H3,(H,26,31). The fourth-order valence-electron chi connectivity index (χ4n) is 3.23. The van der Waals surface area contributed by atoms with Crippen molar-refractivity contribution in [3.63, 3.8) is 0 Å². The van der Waals surface area contributed by atoms with E-state index in [1.54, 1.807) is 36.0 Å². The Balaban J connectivity index is 1.45. The van der Waals surface area contributed by atoms with E-state index in [1.807, 2.05) is 30.3 Å². The molecule has 0 aliphatic rings. The van der Waals surface area contributed by atoms with Crippen LogP contribution in [-0.4, -0.2) is 37.3 Å². The Morgan fingerprint density at radius 1 is 1.09 bits per heavy atom. The lowest BCUT2D eigenvalue weighted by Crippen LogP contribution is -2.18. The van der Waals surface area contributed by atoms with E-state index in [1.165, 1.54) is 22.4 Å². The number of nitrogens with one attached hydrogen (secondary N) is 1. The molecule has 1 N–H and O–H groups in total. The first-order valence-electron chi connectivity index (χ1n) is 9.86. The highest BCUT2D eigenvalue weighted by atomic mass is 19.3. The van der Waals surface area contributed by atoms with Gasteiger partial charge in [-0.3, -0.25) is 4.79 Å². The second-order valence-corrected chi connectivity index (χ2v) is 6.94. The van der Waals surface area contributed by atoms with Gasteiger partial charge in [0.2, 0.25) is 0 Å². The SMILES string of the molecule is Cc1c(C(=O)Nc2ccnn2CCc2ccccc2)nnn1-c1ccc(OC(F)F)cc1. The van der Waals surface area contributed by atoms with E-state index in [4.69, 9.17) is 0 Å². The second kappa shape index (κ2) is 9.38. The molecule has 0 saturated heterocycles. The van der Waals surface area contributed by atoms with Crippen LogP contribution in [0.25, 0.3) is 5.69 Å². The third-order valence-electron chi connectivity index (χ3n) is 4.83. The van der Waals surface area contributed by atoms with Crippen molar-refractivity contribution in [1.82, 2.24) is 24.8 Å². The minimum Gasteiger partial charge on any atom is -0.435 e. The summed E-state index contributed by atoms with van der Waals surface area (Å²) in [6.45, 7) is -0.596. The van der Waals surface area contributed by atoms with Crippen LogP contribution in [0.2, 0.25) is 0 Å². The van der Waals surface area contributed by atoms with Gasteiger partial charge in [-0.2, -0.15) is 13.9 Å². The van der Waals surface area contributed by atoms with Gasteiger partial charge in [-0.25, -0.2) is 9.36 Å². The molecule has 0 saturated carbocycles. The molecular formula is C22H20F2N6O2. The number of carbonyl (C=O) groups excluding carboxylic acids is 1. The molecule has 2 heterocycles. The Bertz CT molecular complexity index is 1190. The van der Waals surface area contributed by atoms with Gasteiger partial charge in [0.1, 0.15) is 11.6 Å². The van der Waals surface area contributed by atoms with Gasteiger partial charge in [0.15, 0.2) is 5.69 Å². The lowest BCUT2D eigenvalue weighted by atomic mass is 10.1. The van der Waals surface area contributed by atoms with Gasteiger partial charge in [-0.05, 0) is 43.2 Å². The Kier molecular flexibility index (Phi) is 6.20. The smallest absolute Gasteiger partial charge is 0.387 e. The zero-order valence-corrected chi connectivity index (χ0v) is 17.2. The predicted molar refractivity (Wildman–Crippen MR) is 113 cm³/mol. The molecule has 0 atom stereocenters. The maximum Gasteiger partial charge on any atom is 0.387 e. The molecule has 2 aromatic carbocycles. The van der Waals surface area contributed by atoms with Crippen molar-refractivity contribution in [2.45, 2.75) is 26.5 Å². The monoisotopic (exact) mass is 438 g/mol. The molecule has 1 amide bonds. The Morgan fingerprint density at radius 3 is 2.56 bits per heavy atom. The first-order valence-corrected chi connectivity index (χ1v) is 9.86. The van der Waals surface area contributed by atoms with Gasteiger partial charge in [0.05, 0.1) is 17.6 Å². The van der Waals surface area contributed by atoms with Crippen LogP contribution >= 0.6 is 0 Å². The molecule has 32 heavy (non-hydrogen) atoms. The Morgan fingerprint density at radius 2 is 1.84 bits per heavy atom. The van der Waals surface area contributed by atoms with Crippen molar-refractivity contribution in [3.8, 4) is 11.4 Å². The molecule has 0 bridgehead atoms. The number of nitrogens with zero attached hydrogens (tertiary/aromatic N) is 5. The van der Waals surface area contributed by atoms with Crippen LogP contribution in [0.4, 0.5) is 14.6 Å². The van der Waals surface area contributed by atoms with Gasteiger partial charge in [0.25, 0.3) is 5.91 Å². The summed E-state index contributed by atoms with van der Waals surface area (Å²) in [5.74, 6) is 0.157. The van der Waals surface area contributed by atoms with Crippen LogP contribution in [0, 0.1) is 6.92 Å². The molecule has 0 unspecified atom stereocenters. The second-order valence-electron chi connectivity index (χ2n) is 6.94. The predicted octanol–water partition coefficient (Wildman–Crippen LogP) is 3.87. The first kappa shape index (κ1) is 21.2. The van der Waals surface area contributed by atoms with Gasteiger partial charge in [-0.1, -0.05) is 35.5 Å². The van der Waals surface area contributed by atoms with E-state index in [0.717, 1.165) is 6.42 Å². The van der Waals surface area contributed by atoms with Gasteiger partial charge in [-0.15, -0.1) is 5.10 Å². The van der Waals surface area contributed by atoms with Crippen molar-refractivity contribution < 1.29 is 18.3 Å². The number of hydrogen-bond donors (Lipinski definition) is 1. The summed E-state index contributed by atoms with van der Waals surface area (Å²) in [4.78, 5) is 12.8. The van der Waals surface area contributed by atoms with E-state index in [2.05, 4.69) is 25.5 Å². The highest BCUT2D eigenvalue weighted by Gasteiger charge is 2.19. The van der Waals surface area contributed by atoms with E-state index in [9.17, 15) is 13.6 Å². The summed E-state index contributed by atoms with van der Waals surface area (Å²) in [6, 6.07) is 17.6. The lowest BCUT2D eigenvalue weighted by Gasteiger charge is -2.09. The maximum atomic E-state index is 12.8. The fourth-order valence-corrected chi connectivity index (χ4v) is 3.23. The summed E-state index contributed by atoms with van der Waals surface area (Å²) in [5, 5.41) is 15.1. The number of rotatable bonds is 8. The molecule has 4 rings (SSSR count). The topological polar surface area (TPSA) is 86.9 Å². The molecule has 164 valence electrons. The third kappa shape index (κ3) is 4.80. The molecule has 8 nitrogen and oxygen atoms in total. The van der Waals surface area contributed by atoms with Crippen LogP contribution in [0.1, 0.15) is 21.7 Å². The van der Waals surface area contributed by atoms with Crippen molar-refractivity contribution in [1.29, 1.82) is 0 Å². The fraction of sp³-hybridized carbons (Fsp3) is 0.182. The quantitative estimate of drug-likeness (QED) is 0.451. The summed E-state index contributed by atoms with van der Waals surface area (Å²) in [5.41, 5.74) is 2.38. The van der Waals surface area contributed by atoms with Crippen LogP contribution in [0.5, 0.6) is 5.75 Å². The zero-order chi connectivity index (χ0) is 22.5. The number of aryl methyl sites for hydroxylation is 2. The summed E-state index contributed by atoms with van der Waals surface area (Å²) >= 11 is 0. The van der Waals surface area contributed by atoms with Crippen LogP contribution in [0.15, 0.2) is 66.9 Å². The summed E-state index contributed by atoms with van der Waals surface area (Å²) in [7, 11) is 0. The molecule has 0 aliphatic carbocycles. The van der Waals surface area contributed by atoms with Crippen LogP contribution in [0.3, 0.4) is 0 Å². The number of alkyl halides is 2. The van der Waals surface area contributed by atoms with Crippen molar-refractivity contribution >= 4 is 11.7 Å². The molecule has 0 fully saturated rings. The molecular weight excluding hydrogens is 418 g/mol. The van der Waals surface area contributed by atoms with Gasteiger partial charge >= 0.3 is 6.61 Å². The average molecular weight is 438 g/mol. The first-order chi connectivity index (χ1) is 15.5. The number of hydrogen-bond acceptors (Lipinski definition) is 5. The van der Waals surface area contributed by atoms with E-state index >= 15 is 0 Å². The number of amides is 1. The molecule has 4 aromatic rings. The normalized spacial score (nSPS) is 11.0. The molecule has 0 radical (unpaired) electrons. The summed E-state index contributed by atoms with van der Waals surface area (Å²) in [6.07, 6.45) is 2.39. The third-order valence-corrected chi connectivity index (χ3v) is 4.83. The van der Waals surface area contributed by atoms with Crippen LogP contribution < -0.4 is 10.1 Å². The van der Waals surface area contributed by atoms with Crippen LogP contribution in [-0.2, 0) is 13.0 Å². The summed E-state index contributed by atoms with van der Waals surface area (Å²) < 4.78 is 32.1. The zero-order valence-electron chi connectivity index (χ0n) is 17.2.